The van der Waals surface area contributed by atoms with Crippen LogP contribution in [0.1, 0.15) is 48.9 Å². The Labute approximate surface area is 176 Å². The lowest BCUT2D eigenvalue weighted by Gasteiger charge is -2.17. The van der Waals surface area contributed by atoms with Crippen LogP contribution in [0, 0.1) is 0 Å². The van der Waals surface area contributed by atoms with Gasteiger partial charge in [-0.05, 0) is 39.1 Å². The second kappa shape index (κ2) is 15.0. The van der Waals surface area contributed by atoms with Gasteiger partial charge in [0.2, 0.25) is 0 Å². The zero-order chi connectivity index (χ0) is 17.9. The van der Waals surface area contributed by atoms with Crippen molar-refractivity contribution in [3.05, 3.63) is 29.8 Å². The fourth-order valence-corrected chi connectivity index (χ4v) is 3.15. The Hall–Kier alpha value is -1.01. The minimum Gasteiger partial charge on any atom is -0.491 e. The summed E-state index contributed by atoms with van der Waals surface area (Å²) < 4.78 is 5.77. The molecule has 5 nitrogen and oxygen atoms in total. The first-order chi connectivity index (χ1) is 12.2. The van der Waals surface area contributed by atoms with E-state index in [1.165, 1.54) is 38.5 Å². The molecule has 1 fully saturated rings. The normalized spacial score (nSPS) is 14.6. The Balaban J connectivity index is 0.00000338. The monoisotopic (exact) mass is 419 g/mol. The molecule has 7 heteroatoms. The smallest absolute Gasteiger partial charge is 0.255 e. The summed E-state index contributed by atoms with van der Waals surface area (Å²) in [6.45, 7) is 2.85. The third-order valence-electron chi connectivity index (χ3n) is 4.63. The van der Waals surface area contributed by atoms with Gasteiger partial charge in [-0.1, -0.05) is 37.8 Å². The van der Waals surface area contributed by atoms with Crippen molar-refractivity contribution in [1.82, 2.24) is 15.5 Å². The first-order valence-electron chi connectivity index (χ1n) is 9.55. The molecular weight excluding hydrogens is 385 g/mol. The van der Waals surface area contributed by atoms with Gasteiger partial charge in [-0.2, -0.15) is 0 Å². The van der Waals surface area contributed by atoms with Gasteiger partial charge in [0.25, 0.3) is 5.91 Å². The van der Waals surface area contributed by atoms with Crippen molar-refractivity contribution in [3.63, 3.8) is 0 Å². The number of nitrogens with zero attached hydrogens (tertiary/aromatic N) is 1. The molecule has 1 aromatic rings. The summed E-state index contributed by atoms with van der Waals surface area (Å²) in [5.74, 6) is 0.585. The highest BCUT2D eigenvalue weighted by Gasteiger charge is 2.13. The largest absolute Gasteiger partial charge is 0.491 e. The standard InChI is InChI=1S/C20H33N3O2.2ClH/c1-23(2)15-16-25-19-12-8-7-11-18(19)20(24)22-14-13-21-17-9-5-3-4-6-10-17;;/h7-8,11-12,17,21H,3-6,9-10,13-16H2,1-2H3,(H,22,24);2*1H. The van der Waals surface area contributed by atoms with Gasteiger partial charge in [-0.25, -0.2) is 0 Å². The van der Waals surface area contributed by atoms with Gasteiger partial charge in [0.15, 0.2) is 0 Å². The fourth-order valence-electron chi connectivity index (χ4n) is 3.15. The average molecular weight is 420 g/mol. The van der Waals surface area contributed by atoms with E-state index in [4.69, 9.17) is 4.74 Å². The molecular formula is C20H35Cl2N3O2. The summed E-state index contributed by atoms with van der Waals surface area (Å²) in [5, 5.41) is 6.58. The predicted octanol–water partition coefficient (Wildman–Crippen LogP) is 3.51. The van der Waals surface area contributed by atoms with Crippen molar-refractivity contribution in [2.24, 2.45) is 0 Å². The van der Waals surface area contributed by atoms with E-state index in [0.29, 0.717) is 30.5 Å². The number of amides is 1. The van der Waals surface area contributed by atoms with Crippen LogP contribution in [0.2, 0.25) is 0 Å². The van der Waals surface area contributed by atoms with E-state index in [2.05, 4.69) is 15.5 Å². The summed E-state index contributed by atoms with van der Waals surface area (Å²) >= 11 is 0. The number of para-hydroxylation sites is 1. The molecule has 1 aromatic carbocycles. The molecule has 1 aliphatic carbocycles. The minimum atomic E-state index is -0.0666. The summed E-state index contributed by atoms with van der Waals surface area (Å²) in [7, 11) is 4.01. The van der Waals surface area contributed by atoms with Crippen LogP contribution in [-0.2, 0) is 0 Å². The summed E-state index contributed by atoms with van der Waals surface area (Å²) in [6.07, 6.45) is 7.88. The van der Waals surface area contributed by atoms with Crippen LogP contribution in [0.15, 0.2) is 24.3 Å². The maximum absolute atomic E-state index is 12.4. The van der Waals surface area contributed by atoms with Gasteiger partial charge in [0, 0.05) is 25.7 Å². The molecule has 0 unspecified atom stereocenters. The van der Waals surface area contributed by atoms with E-state index in [1.54, 1.807) is 0 Å². The van der Waals surface area contributed by atoms with E-state index in [9.17, 15) is 4.79 Å². The Morgan fingerprint density at radius 2 is 1.74 bits per heavy atom. The number of carbonyl (C=O) groups excluding carboxylic acids is 1. The number of benzene rings is 1. The highest BCUT2D eigenvalue weighted by atomic mass is 35.5. The maximum atomic E-state index is 12.4. The van der Waals surface area contributed by atoms with Gasteiger partial charge in [0.1, 0.15) is 12.4 Å². The molecule has 1 amide bonds. The first kappa shape index (κ1) is 26.0. The van der Waals surface area contributed by atoms with Gasteiger partial charge < -0.3 is 20.3 Å². The summed E-state index contributed by atoms with van der Waals surface area (Å²) in [6, 6.07) is 8.06. The number of ether oxygens (including phenoxy) is 1. The number of hydrogen-bond donors (Lipinski definition) is 2. The Kier molecular flexibility index (Phi) is 14.4. The second-order valence-corrected chi connectivity index (χ2v) is 7.05. The highest BCUT2D eigenvalue weighted by Crippen LogP contribution is 2.18. The topological polar surface area (TPSA) is 53.6 Å². The number of hydrogen-bond acceptors (Lipinski definition) is 4. The van der Waals surface area contributed by atoms with E-state index in [0.717, 1.165) is 13.1 Å². The minimum absolute atomic E-state index is 0. The van der Waals surface area contributed by atoms with Crippen LogP contribution in [0.4, 0.5) is 0 Å². The molecule has 0 aliphatic heterocycles. The molecule has 0 bridgehead atoms. The van der Waals surface area contributed by atoms with Crippen molar-refractivity contribution in [3.8, 4) is 5.75 Å². The van der Waals surface area contributed by atoms with Gasteiger partial charge in [-0.15, -0.1) is 24.8 Å². The molecule has 0 spiro atoms. The zero-order valence-electron chi connectivity index (χ0n) is 16.5. The number of halogens is 2. The summed E-state index contributed by atoms with van der Waals surface area (Å²) in [5.41, 5.74) is 0.607. The van der Waals surface area contributed by atoms with E-state index in [1.807, 2.05) is 38.4 Å². The highest BCUT2D eigenvalue weighted by molar-refractivity contribution is 5.96. The molecule has 1 aliphatic rings. The SMILES string of the molecule is CN(C)CCOc1ccccc1C(=O)NCCNC1CCCCCC1.Cl.Cl. The quantitative estimate of drug-likeness (QED) is 0.474. The van der Waals surface area contributed by atoms with Crippen molar-refractivity contribution in [2.45, 2.75) is 44.6 Å². The average Bonchev–Trinajstić information content (AvgIpc) is 2.87. The lowest BCUT2D eigenvalue weighted by molar-refractivity contribution is 0.0949. The van der Waals surface area contributed by atoms with E-state index >= 15 is 0 Å². The summed E-state index contributed by atoms with van der Waals surface area (Å²) in [4.78, 5) is 14.5. The van der Waals surface area contributed by atoms with Crippen LogP contribution >= 0.6 is 24.8 Å². The van der Waals surface area contributed by atoms with Crippen LogP contribution in [0.5, 0.6) is 5.75 Å². The van der Waals surface area contributed by atoms with Gasteiger partial charge >= 0.3 is 0 Å². The molecule has 2 N–H and O–H groups in total. The van der Waals surface area contributed by atoms with Crippen molar-refractivity contribution in [1.29, 1.82) is 0 Å². The maximum Gasteiger partial charge on any atom is 0.255 e. The van der Waals surface area contributed by atoms with Gasteiger partial charge in [-0.3, -0.25) is 4.79 Å². The second-order valence-electron chi connectivity index (χ2n) is 7.05. The molecule has 0 atom stereocenters. The molecule has 27 heavy (non-hydrogen) atoms. The lowest BCUT2D eigenvalue weighted by Crippen LogP contribution is -2.37. The van der Waals surface area contributed by atoms with Crippen molar-refractivity contribution >= 4 is 30.7 Å². The molecule has 0 radical (unpaired) electrons. The Morgan fingerprint density at radius 3 is 2.41 bits per heavy atom. The van der Waals surface area contributed by atoms with E-state index < -0.39 is 0 Å². The molecule has 156 valence electrons. The molecule has 0 heterocycles. The third kappa shape index (κ3) is 10.2. The zero-order valence-corrected chi connectivity index (χ0v) is 18.2. The number of carbonyl (C=O) groups is 1. The van der Waals surface area contributed by atoms with Crippen LogP contribution in [0.25, 0.3) is 0 Å². The lowest BCUT2D eigenvalue weighted by atomic mass is 10.1. The number of nitrogens with one attached hydrogen (secondary N) is 2. The van der Waals surface area contributed by atoms with Crippen LogP contribution in [0.3, 0.4) is 0 Å². The fraction of sp³-hybridized carbons (Fsp3) is 0.650. The number of likely N-dealkylation sites (N-methyl/N-ethyl adjacent to an activating group) is 1. The third-order valence-corrected chi connectivity index (χ3v) is 4.63. The first-order valence-corrected chi connectivity index (χ1v) is 9.55. The Bertz CT molecular complexity index is 522. The van der Waals surface area contributed by atoms with Crippen molar-refractivity contribution in [2.75, 3.05) is 40.3 Å². The van der Waals surface area contributed by atoms with Gasteiger partial charge in [0.05, 0.1) is 5.56 Å². The van der Waals surface area contributed by atoms with Crippen LogP contribution < -0.4 is 15.4 Å². The predicted molar refractivity (Wildman–Crippen MR) is 117 cm³/mol. The van der Waals surface area contributed by atoms with Crippen LogP contribution in [-0.4, -0.2) is 57.2 Å². The number of rotatable bonds is 9. The molecule has 2 rings (SSSR count). The van der Waals surface area contributed by atoms with Crippen molar-refractivity contribution < 1.29 is 9.53 Å². The molecule has 0 aromatic heterocycles. The molecule has 1 saturated carbocycles. The molecule has 0 saturated heterocycles. The Morgan fingerprint density at radius 1 is 1.07 bits per heavy atom. The van der Waals surface area contributed by atoms with E-state index in [-0.39, 0.29) is 30.7 Å².